The van der Waals surface area contributed by atoms with E-state index in [9.17, 15) is 22.8 Å². The van der Waals surface area contributed by atoms with Crippen LogP contribution in [0.15, 0.2) is 48.5 Å². The van der Waals surface area contributed by atoms with E-state index in [1.165, 1.54) is 18.2 Å². The average Bonchev–Trinajstić information content (AvgIpc) is 2.79. The highest BCUT2D eigenvalue weighted by molar-refractivity contribution is 5.95. The molecular formula is C24H29F3N4O2. The number of nitrogens with zero attached hydrogens (tertiary/aromatic N) is 2. The molecular weight excluding hydrogens is 433 g/mol. The molecule has 1 aliphatic rings. The van der Waals surface area contributed by atoms with Crippen LogP contribution in [0.5, 0.6) is 0 Å². The molecule has 0 saturated carbocycles. The number of nitrogens with one attached hydrogen (secondary N) is 2. The molecule has 0 aromatic heterocycles. The van der Waals surface area contributed by atoms with Gasteiger partial charge in [0.25, 0.3) is 0 Å². The van der Waals surface area contributed by atoms with E-state index in [-0.39, 0.29) is 18.1 Å². The Morgan fingerprint density at radius 1 is 0.939 bits per heavy atom. The lowest BCUT2D eigenvalue weighted by molar-refractivity contribution is -0.137. The number of anilines is 2. The van der Waals surface area contributed by atoms with Crippen molar-refractivity contribution in [1.29, 1.82) is 0 Å². The number of amides is 2. The fourth-order valence-electron chi connectivity index (χ4n) is 3.89. The van der Waals surface area contributed by atoms with E-state index in [1.54, 1.807) is 6.92 Å². The van der Waals surface area contributed by atoms with Crippen LogP contribution in [-0.2, 0) is 22.2 Å². The third-order valence-corrected chi connectivity index (χ3v) is 5.86. The number of carbonyl (C=O) groups is 2. The van der Waals surface area contributed by atoms with E-state index in [0.717, 1.165) is 23.7 Å². The summed E-state index contributed by atoms with van der Waals surface area (Å²) in [6.45, 7) is 6.19. The van der Waals surface area contributed by atoms with Crippen LogP contribution >= 0.6 is 0 Å². The fourth-order valence-corrected chi connectivity index (χ4v) is 3.89. The molecule has 0 radical (unpaired) electrons. The second-order valence-electron chi connectivity index (χ2n) is 8.08. The van der Waals surface area contributed by atoms with E-state index in [2.05, 4.69) is 10.6 Å². The van der Waals surface area contributed by atoms with Crippen molar-refractivity contribution >= 4 is 23.2 Å². The number of halogens is 3. The number of para-hydroxylation sites is 2. The van der Waals surface area contributed by atoms with Crippen LogP contribution in [0.4, 0.5) is 24.5 Å². The first-order valence-corrected chi connectivity index (χ1v) is 11.0. The Morgan fingerprint density at radius 2 is 1.55 bits per heavy atom. The molecule has 1 aliphatic heterocycles. The van der Waals surface area contributed by atoms with Crippen molar-refractivity contribution in [2.45, 2.75) is 32.5 Å². The van der Waals surface area contributed by atoms with Crippen LogP contribution in [0, 0.1) is 0 Å². The monoisotopic (exact) mass is 462 g/mol. The molecule has 0 bridgehead atoms. The Balaban J connectivity index is 1.50. The molecule has 1 heterocycles. The standard InChI is InChI=1S/C24H29F3N4O2/c1-3-18-8-4-6-10-20(18)28-22(32)16-30-12-14-31(15-13-30)17(2)23(33)29-21-11-7-5-9-19(21)24(25,26)27/h4-11,17H,3,12-16H2,1-2H3,(H,28,32)(H,29,33). The van der Waals surface area contributed by atoms with Gasteiger partial charge in [-0.3, -0.25) is 19.4 Å². The minimum absolute atomic E-state index is 0.0982. The lowest BCUT2D eigenvalue weighted by Crippen LogP contribution is -2.53. The number of piperazine rings is 1. The summed E-state index contributed by atoms with van der Waals surface area (Å²) in [5, 5.41) is 5.37. The molecule has 2 aromatic rings. The third-order valence-electron chi connectivity index (χ3n) is 5.86. The number of benzene rings is 2. The topological polar surface area (TPSA) is 64.7 Å². The number of hydrogen-bond acceptors (Lipinski definition) is 4. The first-order valence-electron chi connectivity index (χ1n) is 11.0. The molecule has 33 heavy (non-hydrogen) atoms. The lowest BCUT2D eigenvalue weighted by Gasteiger charge is -2.37. The molecule has 0 spiro atoms. The summed E-state index contributed by atoms with van der Waals surface area (Å²) in [7, 11) is 0. The van der Waals surface area contributed by atoms with E-state index < -0.39 is 23.7 Å². The van der Waals surface area contributed by atoms with E-state index in [4.69, 9.17) is 0 Å². The first kappa shape index (κ1) is 24.7. The molecule has 9 heteroatoms. The van der Waals surface area contributed by atoms with E-state index >= 15 is 0 Å². The molecule has 3 rings (SSSR count). The van der Waals surface area contributed by atoms with Gasteiger partial charge >= 0.3 is 6.18 Å². The van der Waals surface area contributed by atoms with Gasteiger partial charge in [0.05, 0.1) is 23.8 Å². The Bertz CT molecular complexity index is 972. The van der Waals surface area contributed by atoms with Gasteiger partial charge in [0.15, 0.2) is 0 Å². The van der Waals surface area contributed by atoms with Crippen LogP contribution in [0.2, 0.25) is 0 Å². The molecule has 1 saturated heterocycles. The predicted octanol–water partition coefficient (Wildman–Crippen LogP) is 3.85. The van der Waals surface area contributed by atoms with Crippen molar-refractivity contribution in [2.75, 3.05) is 43.4 Å². The molecule has 1 unspecified atom stereocenters. The molecule has 6 nitrogen and oxygen atoms in total. The third kappa shape index (κ3) is 6.55. The SMILES string of the molecule is CCc1ccccc1NC(=O)CN1CCN(C(C)C(=O)Nc2ccccc2C(F)(F)F)CC1. The number of carbonyl (C=O) groups excluding carboxylic acids is 2. The number of rotatable bonds is 7. The number of alkyl halides is 3. The van der Waals surface area contributed by atoms with Gasteiger partial charge in [0, 0.05) is 31.9 Å². The quantitative estimate of drug-likeness (QED) is 0.656. The van der Waals surface area contributed by atoms with E-state index in [1.807, 2.05) is 41.0 Å². The van der Waals surface area contributed by atoms with Crippen molar-refractivity contribution < 1.29 is 22.8 Å². The van der Waals surface area contributed by atoms with Crippen LogP contribution in [0.3, 0.4) is 0 Å². The van der Waals surface area contributed by atoms with Crippen LogP contribution < -0.4 is 10.6 Å². The summed E-state index contributed by atoms with van der Waals surface area (Å²) in [4.78, 5) is 29.0. The van der Waals surface area contributed by atoms with Crippen molar-refractivity contribution in [3.8, 4) is 0 Å². The smallest absolute Gasteiger partial charge is 0.325 e. The van der Waals surface area contributed by atoms with Gasteiger partial charge in [0.1, 0.15) is 0 Å². The highest BCUT2D eigenvalue weighted by atomic mass is 19.4. The van der Waals surface area contributed by atoms with Gasteiger partial charge in [-0.1, -0.05) is 37.3 Å². The first-order chi connectivity index (χ1) is 15.7. The average molecular weight is 463 g/mol. The number of aryl methyl sites for hydroxylation is 1. The maximum absolute atomic E-state index is 13.2. The van der Waals surface area contributed by atoms with Crippen LogP contribution in [0.25, 0.3) is 0 Å². The zero-order chi connectivity index (χ0) is 24.0. The van der Waals surface area contributed by atoms with Gasteiger partial charge in [0.2, 0.25) is 11.8 Å². The Morgan fingerprint density at radius 3 is 2.18 bits per heavy atom. The molecule has 1 atom stereocenters. The summed E-state index contributed by atoms with van der Waals surface area (Å²) in [6.07, 6.45) is -3.72. The van der Waals surface area contributed by atoms with Crippen LogP contribution in [-0.4, -0.2) is 60.4 Å². The molecule has 0 aliphatic carbocycles. The Labute approximate surface area is 191 Å². The second kappa shape index (κ2) is 10.8. The second-order valence-corrected chi connectivity index (χ2v) is 8.08. The summed E-state index contributed by atoms with van der Waals surface area (Å²) in [6, 6.07) is 12.0. The molecule has 2 N–H and O–H groups in total. The highest BCUT2D eigenvalue weighted by Gasteiger charge is 2.34. The van der Waals surface area contributed by atoms with Gasteiger partial charge in [-0.15, -0.1) is 0 Å². The van der Waals surface area contributed by atoms with E-state index in [0.29, 0.717) is 26.2 Å². The largest absolute Gasteiger partial charge is 0.418 e. The molecule has 1 fully saturated rings. The Hall–Kier alpha value is -2.91. The molecule has 2 aromatic carbocycles. The minimum Gasteiger partial charge on any atom is -0.325 e. The van der Waals surface area contributed by atoms with Gasteiger partial charge in [-0.2, -0.15) is 13.2 Å². The van der Waals surface area contributed by atoms with Crippen molar-refractivity contribution in [3.05, 3.63) is 59.7 Å². The summed E-state index contributed by atoms with van der Waals surface area (Å²) >= 11 is 0. The van der Waals surface area contributed by atoms with Gasteiger partial charge in [-0.05, 0) is 37.1 Å². The Kier molecular flexibility index (Phi) is 8.10. The highest BCUT2D eigenvalue weighted by Crippen LogP contribution is 2.34. The fraction of sp³-hybridized carbons (Fsp3) is 0.417. The summed E-state index contributed by atoms with van der Waals surface area (Å²) in [5.74, 6) is -0.590. The van der Waals surface area contributed by atoms with Gasteiger partial charge < -0.3 is 10.6 Å². The minimum atomic E-state index is -4.54. The predicted molar refractivity (Wildman–Crippen MR) is 122 cm³/mol. The molecule has 2 amide bonds. The van der Waals surface area contributed by atoms with Gasteiger partial charge in [-0.25, -0.2) is 0 Å². The summed E-state index contributed by atoms with van der Waals surface area (Å²) in [5.41, 5.74) is 0.770. The van der Waals surface area contributed by atoms with Crippen LogP contribution in [0.1, 0.15) is 25.0 Å². The number of hydrogen-bond donors (Lipinski definition) is 2. The normalized spacial score (nSPS) is 16.3. The maximum atomic E-state index is 13.2. The summed E-state index contributed by atoms with van der Waals surface area (Å²) < 4.78 is 39.5. The maximum Gasteiger partial charge on any atom is 0.418 e. The molecule has 178 valence electrons. The zero-order valence-corrected chi connectivity index (χ0v) is 18.8. The van der Waals surface area contributed by atoms with Crippen molar-refractivity contribution in [1.82, 2.24) is 9.80 Å². The van der Waals surface area contributed by atoms with Crippen molar-refractivity contribution in [2.24, 2.45) is 0 Å². The lowest BCUT2D eigenvalue weighted by atomic mass is 10.1. The zero-order valence-electron chi connectivity index (χ0n) is 18.8. The van der Waals surface area contributed by atoms with Crippen molar-refractivity contribution in [3.63, 3.8) is 0 Å².